The van der Waals surface area contributed by atoms with Crippen molar-refractivity contribution < 1.29 is 4.42 Å². The molecule has 1 N–H and O–H groups in total. The number of rotatable bonds is 3. The Hall–Kier alpha value is -3.73. The monoisotopic (exact) mass is 437 g/mol. The summed E-state index contributed by atoms with van der Waals surface area (Å²) in [5, 5.41) is 3.74. The second-order valence-corrected chi connectivity index (χ2v) is 9.18. The summed E-state index contributed by atoms with van der Waals surface area (Å²) < 4.78 is 7.73. The number of hydrogen-bond donors (Lipinski definition) is 1. The SMILES string of the molecule is Cc1cc2c(c(=O)n1C)[C@H]1Nc3ccccc3[C@@H](c3ccco3)[C@@H]1CN2Cc1ccccc1. The molecule has 0 radical (unpaired) electrons. The first-order valence-corrected chi connectivity index (χ1v) is 11.5. The number of nitrogens with zero attached hydrogens (tertiary/aromatic N) is 2. The van der Waals surface area contributed by atoms with Gasteiger partial charge in [0.1, 0.15) is 5.76 Å². The normalized spacial score (nSPS) is 21.0. The molecule has 2 aromatic carbocycles. The van der Waals surface area contributed by atoms with E-state index in [0.29, 0.717) is 0 Å². The van der Waals surface area contributed by atoms with E-state index in [2.05, 4.69) is 64.8 Å². The van der Waals surface area contributed by atoms with Crippen LogP contribution in [0.4, 0.5) is 11.4 Å². The molecule has 2 aliphatic heterocycles. The number of para-hydroxylation sites is 1. The largest absolute Gasteiger partial charge is 0.469 e. The first-order valence-electron chi connectivity index (χ1n) is 11.5. The van der Waals surface area contributed by atoms with E-state index in [1.165, 1.54) is 11.1 Å². The van der Waals surface area contributed by atoms with Crippen molar-refractivity contribution in [1.29, 1.82) is 0 Å². The summed E-state index contributed by atoms with van der Waals surface area (Å²) in [6.45, 7) is 3.59. The molecule has 6 rings (SSSR count). The number of aryl methyl sites for hydroxylation is 1. The highest BCUT2D eigenvalue weighted by atomic mass is 16.3. The lowest BCUT2D eigenvalue weighted by Crippen LogP contribution is -2.48. The molecule has 0 unspecified atom stereocenters. The predicted octanol–water partition coefficient (Wildman–Crippen LogP) is 5.22. The molecule has 4 aromatic rings. The number of anilines is 2. The maximum atomic E-state index is 13.7. The molecular weight excluding hydrogens is 410 g/mol. The molecule has 0 saturated carbocycles. The van der Waals surface area contributed by atoms with Gasteiger partial charge in [0, 0.05) is 43.1 Å². The van der Waals surface area contributed by atoms with Gasteiger partial charge in [-0.15, -0.1) is 0 Å². The van der Waals surface area contributed by atoms with Gasteiger partial charge in [0.25, 0.3) is 5.56 Å². The molecule has 0 bridgehead atoms. The van der Waals surface area contributed by atoms with Crippen LogP contribution in [-0.2, 0) is 13.6 Å². The Kier molecular flexibility index (Phi) is 4.64. The maximum Gasteiger partial charge on any atom is 0.257 e. The zero-order chi connectivity index (χ0) is 22.5. The van der Waals surface area contributed by atoms with Crippen LogP contribution < -0.4 is 15.8 Å². The lowest BCUT2D eigenvalue weighted by Gasteiger charge is -2.47. The van der Waals surface area contributed by atoms with Crippen LogP contribution in [0.1, 0.15) is 40.1 Å². The first-order chi connectivity index (χ1) is 16.1. The number of aromatic nitrogens is 1. The Bertz CT molecular complexity index is 1360. The quantitative estimate of drug-likeness (QED) is 0.477. The Labute approximate surface area is 193 Å². The number of benzene rings is 2. The molecule has 0 aliphatic carbocycles. The number of fused-ring (bicyclic) bond motifs is 4. The van der Waals surface area contributed by atoms with Crippen LogP contribution in [0.15, 0.2) is 88.3 Å². The Balaban J connectivity index is 1.55. The molecule has 0 saturated heterocycles. The van der Waals surface area contributed by atoms with Crippen molar-refractivity contribution in [3.63, 3.8) is 0 Å². The molecule has 2 aliphatic rings. The van der Waals surface area contributed by atoms with Gasteiger partial charge >= 0.3 is 0 Å². The fraction of sp³-hybridized carbons (Fsp3) is 0.250. The van der Waals surface area contributed by atoms with Crippen molar-refractivity contribution in [2.75, 3.05) is 16.8 Å². The highest BCUT2D eigenvalue weighted by Crippen LogP contribution is 2.51. The van der Waals surface area contributed by atoms with Crippen molar-refractivity contribution in [2.45, 2.75) is 25.4 Å². The van der Waals surface area contributed by atoms with Crippen molar-refractivity contribution in [3.8, 4) is 0 Å². The summed E-state index contributed by atoms with van der Waals surface area (Å²) in [7, 11) is 1.86. The van der Waals surface area contributed by atoms with E-state index < -0.39 is 0 Å². The van der Waals surface area contributed by atoms with Gasteiger partial charge in [-0.05, 0) is 42.3 Å². The molecule has 0 fully saturated rings. The maximum absolute atomic E-state index is 13.7. The van der Waals surface area contributed by atoms with Gasteiger partial charge in [-0.2, -0.15) is 0 Å². The van der Waals surface area contributed by atoms with E-state index >= 15 is 0 Å². The van der Waals surface area contributed by atoms with Crippen molar-refractivity contribution in [1.82, 2.24) is 4.57 Å². The van der Waals surface area contributed by atoms with E-state index in [1.54, 1.807) is 10.8 Å². The zero-order valence-corrected chi connectivity index (χ0v) is 18.9. The molecule has 166 valence electrons. The average molecular weight is 438 g/mol. The topological polar surface area (TPSA) is 50.4 Å². The third kappa shape index (κ3) is 3.18. The molecule has 3 atom stereocenters. The van der Waals surface area contributed by atoms with Gasteiger partial charge in [0.05, 0.1) is 23.8 Å². The van der Waals surface area contributed by atoms with Gasteiger partial charge in [-0.3, -0.25) is 4.79 Å². The fourth-order valence-electron chi connectivity index (χ4n) is 5.61. The predicted molar refractivity (Wildman–Crippen MR) is 131 cm³/mol. The summed E-state index contributed by atoms with van der Waals surface area (Å²) in [4.78, 5) is 16.0. The van der Waals surface area contributed by atoms with E-state index in [9.17, 15) is 4.79 Å². The Morgan fingerprint density at radius 3 is 2.61 bits per heavy atom. The number of hydrogen-bond acceptors (Lipinski definition) is 4. The molecule has 5 nitrogen and oxygen atoms in total. The van der Waals surface area contributed by atoms with Gasteiger partial charge in [0.15, 0.2) is 0 Å². The minimum absolute atomic E-state index is 0.0693. The van der Waals surface area contributed by atoms with Crippen molar-refractivity contribution in [2.24, 2.45) is 13.0 Å². The first kappa shape index (κ1) is 19.9. The van der Waals surface area contributed by atoms with E-state index in [-0.39, 0.29) is 23.4 Å². The minimum Gasteiger partial charge on any atom is -0.469 e. The summed E-state index contributed by atoms with van der Waals surface area (Å²) >= 11 is 0. The van der Waals surface area contributed by atoms with Crippen LogP contribution in [0.25, 0.3) is 0 Å². The third-order valence-corrected chi connectivity index (χ3v) is 7.30. The van der Waals surface area contributed by atoms with Gasteiger partial charge < -0.3 is 19.2 Å². The highest BCUT2D eigenvalue weighted by molar-refractivity contribution is 5.66. The lowest BCUT2D eigenvalue weighted by molar-refractivity contribution is 0.331. The van der Waals surface area contributed by atoms with Crippen molar-refractivity contribution >= 4 is 11.4 Å². The molecule has 0 spiro atoms. The molecule has 5 heteroatoms. The van der Waals surface area contributed by atoms with Crippen LogP contribution in [-0.4, -0.2) is 11.1 Å². The molecular formula is C28H27N3O2. The minimum atomic E-state index is -0.0867. The van der Waals surface area contributed by atoms with E-state index in [0.717, 1.165) is 41.5 Å². The smallest absolute Gasteiger partial charge is 0.257 e. The van der Waals surface area contributed by atoms with Gasteiger partial charge in [-0.1, -0.05) is 48.5 Å². The van der Waals surface area contributed by atoms with Crippen LogP contribution >= 0.6 is 0 Å². The van der Waals surface area contributed by atoms with Crippen molar-refractivity contribution in [3.05, 3.63) is 118 Å². The summed E-state index contributed by atoms with van der Waals surface area (Å²) in [6, 6.07) is 25.0. The molecule has 2 aromatic heterocycles. The van der Waals surface area contributed by atoms with E-state index in [4.69, 9.17) is 4.42 Å². The number of furan rings is 1. The van der Waals surface area contributed by atoms with Crippen LogP contribution in [0.3, 0.4) is 0 Å². The molecule has 4 heterocycles. The zero-order valence-electron chi connectivity index (χ0n) is 18.9. The van der Waals surface area contributed by atoms with Crippen LogP contribution in [0, 0.1) is 12.8 Å². The summed E-state index contributed by atoms with van der Waals surface area (Å²) in [6.07, 6.45) is 1.75. The second kappa shape index (κ2) is 7.69. The third-order valence-electron chi connectivity index (χ3n) is 7.30. The van der Waals surface area contributed by atoms with Gasteiger partial charge in [-0.25, -0.2) is 0 Å². The summed E-state index contributed by atoms with van der Waals surface area (Å²) in [5.74, 6) is 1.17. The molecule has 0 amide bonds. The van der Waals surface area contributed by atoms with Crippen LogP contribution in [0.2, 0.25) is 0 Å². The van der Waals surface area contributed by atoms with Crippen LogP contribution in [0.5, 0.6) is 0 Å². The highest BCUT2D eigenvalue weighted by Gasteiger charge is 2.45. The van der Waals surface area contributed by atoms with E-state index in [1.807, 2.05) is 32.2 Å². The Morgan fingerprint density at radius 2 is 1.82 bits per heavy atom. The molecule has 33 heavy (non-hydrogen) atoms. The Morgan fingerprint density at radius 1 is 1.03 bits per heavy atom. The number of nitrogens with one attached hydrogen (secondary N) is 1. The second-order valence-electron chi connectivity index (χ2n) is 9.18. The van der Waals surface area contributed by atoms with Gasteiger partial charge in [0.2, 0.25) is 0 Å². The summed E-state index contributed by atoms with van der Waals surface area (Å²) in [5.41, 5.74) is 6.45. The average Bonchev–Trinajstić information content (AvgIpc) is 3.36. The lowest BCUT2D eigenvalue weighted by atomic mass is 9.71. The number of pyridine rings is 1. The standard InChI is InChI=1S/C28H27N3O2/c1-18-15-23-26(28(32)30(18)2)27-21(17-31(23)16-19-9-4-3-5-10-19)25(24-13-8-14-33-24)20-11-6-7-12-22(20)29-27/h3-15,21,25,27,29H,16-17H2,1-2H3/t21-,25+,27-/m0/s1. The fourth-order valence-corrected chi connectivity index (χ4v) is 5.61.